The number of rotatable bonds is 6. The number of carbonyl (C=O) groups is 1. The molecule has 1 rings (SSSR count). The van der Waals surface area contributed by atoms with E-state index in [1.807, 2.05) is 24.3 Å². The Morgan fingerprint density at radius 3 is 2.65 bits per heavy atom. The predicted octanol–water partition coefficient (Wildman–Crippen LogP) is 2.01. The number of amides is 1. The first-order valence-corrected chi connectivity index (χ1v) is 5.84. The summed E-state index contributed by atoms with van der Waals surface area (Å²) in [4.78, 5) is 13.1. The third kappa shape index (κ3) is 5.92. The minimum atomic E-state index is -0.0465. The molecule has 2 N–H and O–H groups in total. The van der Waals surface area contributed by atoms with Gasteiger partial charge in [-0.1, -0.05) is 6.07 Å². The quantitative estimate of drug-likeness (QED) is 0.741. The molecule has 4 heteroatoms. The van der Waals surface area contributed by atoms with Crippen molar-refractivity contribution in [3.8, 4) is 0 Å². The van der Waals surface area contributed by atoms with Gasteiger partial charge in [-0.3, -0.25) is 4.79 Å². The Bertz CT molecular complexity index is 363. The highest BCUT2D eigenvalue weighted by molar-refractivity contribution is 5.89. The van der Waals surface area contributed by atoms with Crippen LogP contribution in [-0.2, 0) is 4.79 Å². The van der Waals surface area contributed by atoms with Gasteiger partial charge in [-0.25, -0.2) is 0 Å². The molecule has 0 aliphatic rings. The van der Waals surface area contributed by atoms with Gasteiger partial charge in [0.1, 0.15) is 0 Å². The van der Waals surface area contributed by atoms with Crippen LogP contribution in [0.25, 0.3) is 0 Å². The Morgan fingerprint density at radius 1 is 1.29 bits per heavy atom. The first kappa shape index (κ1) is 13.5. The van der Waals surface area contributed by atoms with Gasteiger partial charge in [0.25, 0.3) is 0 Å². The molecular formula is C13H21N3O. The van der Waals surface area contributed by atoms with Crippen molar-refractivity contribution in [2.75, 3.05) is 37.8 Å². The number of anilines is 2. The molecule has 0 saturated carbocycles. The van der Waals surface area contributed by atoms with E-state index in [-0.39, 0.29) is 5.91 Å². The SMILES string of the molecule is CC(=O)Nc1cccc(NCCCN(C)C)c1. The lowest BCUT2D eigenvalue weighted by Crippen LogP contribution is -2.16. The normalized spacial score (nSPS) is 10.4. The van der Waals surface area contributed by atoms with E-state index in [9.17, 15) is 4.79 Å². The Kier molecular flexibility index (Phi) is 5.49. The van der Waals surface area contributed by atoms with E-state index in [1.165, 1.54) is 6.92 Å². The maximum Gasteiger partial charge on any atom is 0.221 e. The molecule has 0 aliphatic carbocycles. The average Bonchev–Trinajstić information content (AvgIpc) is 2.24. The fraction of sp³-hybridized carbons (Fsp3) is 0.462. The molecule has 1 amide bonds. The van der Waals surface area contributed by atoms with Crippen molar-refractivity contribution in [3.63, 3.8) is 0 Å². The van der Waals surface area contributed by atoms with Gasteiger partial charge in [-0.2, -0.15) is 0 Å². The van der Waals surface area contributed by atoms with Crippen LogP contribution in [0, 0.1) is 0 Å². The molecule has 1 aromatic rings. The maximum absolute atomic E-state index is 10.9. The molecule has 17 heavy (non-hydrogen) atoms. The van der Waals surface area contributed by atoms with Gasteiger partial charge in [0.15, 0.2) is 0 Å². The molecule has 0 aliphatic heterocycles. The lowest BCUT2D eigenvalue weighted by atomic mass is 10.2. The zero-order chi connectivity index (χ0) is 12.7. The number of hydrogen-bond acceptors (Lipinski definition) is 3. The van der Waals surface area contributed by atoms with Crippen LogP contribution >= 0.6 is 0 Å². The lowest BCUT2D eigenvalue weighted by Gasteiger charge is -2.11. The summed E-state index contributed by atoms with van der Waals surface area (Å²) in [5, 5.41) is 6.10. The topological polar surface area (TPSA) is 44.4 Å². The van der Waals surface area contributed by atoms with Crippen LogP contribution in [0.2, 0.25) is 0 Å². The molecular weight excluding hydrogens is 214 g/mol. The maximum atomic E-state index is 10.9. The van der Waals surface area contributed by atoms with Crippen LogP contribution in [0.4, 0.5) is 11.4 Å². The van der Waals surface area contributed by atoms with Gasteiger partial charge < -0.3 is 15.5 Å². The van der Waals surface area contributed by atoms with Crippen molar-refractivity contribution in [3.05, 3.63) is 24.3 Å². The zero-order valence-corrected chi connectivity index (χ0v) is 10.8. The summed E-state index contributed by atoms with van der Waals surface area (Å²) in [7, 11) is 4.13. The van der Waals surface area contributed by atoms with E-state index in [4.69, 9.17) is 0 Å². The fourth-order valence-corrected chi connectivity index (χ4v) is 1.54. The zero-order valence-electron chi connectivity index (χ0n) is 10.8. The standard InChI is InChI=1S/C13H21N3O/c1-11(17)15-13-7-4-6-12(10-13)14-8-5-9-16(2)3/h4,6-7,10,14H,5,8-9H2,1-3H3,(H,15,17). The molecule has 1 aromatic carbocycles. The van der Waals surface area contributed by atoms with Gasteiger partial charge in [0.2, 0.25) is 5.91 Å². The van der Waals surface area contributed by atoms with Crippen LogP contribution < -0.4 is 10.6 Å². The van der Waals surface area contributed by atoms with Crippen molar-refractivity contribution < 1.29 is 4.79 Å². The number of nitrogens with zero attached hydrogens (tertiary/aromatic N) is 1. The predicted molar refractivity (Wildman–Crippen MR) is 72.4 cm³/mol. The highest BCUT2D eigenvalue weighted by Gasteiger charge is 1.97. The van der Waals surface area contributed by atoms with E-state index in [0.29, 0.717) is 0 Å². The van der Waals surface area contributed by atoms with E-state index in [1.54, 1.807) is 0 Å². The molecule has 0 fully saturated rings. The van der Waals surface area contributed by atoms with Crippen LogP contribution in [0.15, 0.2) is 24.3 Å². The summed E-state index contributed by atoms with van der Waals surface area (Å²) in [6.07, 6.45) is 1.09. The smallest absolute Gasteiger partial charge is 0.221 e. The molecule has 4 nitrogen and oxygen atoms in total. The third-order valence-corrected chi connectivity index (χ3v) is 2.29. The number of carbonyl (C=O) groups excluding carboxylic acids is 1. The van der Waals surface area contributed by atoms with Crippen LogP contribution in [0.3, 0.4) is 0 Å². The monoisotopic (exact) mass is 235 g/mol. The summed E-state index contributed by atoms with van der Waals surface area (Å²) >= 11 is 0. The van der Waals surface area contributed by atoms with E-state index < -0.39 is 0 Å². The largest absolute Gasteiger partial charge is 0.385 e. The van der Waals surface area contributed by atoms with Crippen LogP contribution in [-0.4, -0.2) is 38.0 Å². The highest BCUT2D eigenvalue weighted by Crippen LogP contribution is 2.14. The molecule has 0 saturated heterocycles. The lowest BCUT2D eigenvalue weighted by molar-refractivity contribution is -0.114. The second-order valence-electron chi connectivity index (χ2n) is 4.35. The molecule has 0 radical (unpaired) electrons. The third-order valence-electron chi connectivity index (χ3n) is 2.29. The number of benzene rings is 1. The Morgan fingerprint density at radius 2 is 2.00 bits per heavy atom. The minimum Gasteiger partial charge on any atom is -0.385 e. The number of hydrogen-bond donors (Lipinski definition) is 2. The summed E-state index contributed by atoms with van der Waals surface area (Å²) in [6.45, 7) is 3.51. The summed E-state index contributed by atoms with van der Waals surface area (Å²) in [5.41, 5.74) is 1.87. The Labute approximate surface area is 103 Å². The highest BCUT2D eigenvalue weighted by atomic mass is 16.1. The Hall–Kier alpha value is -1.55. The van der Waals surface area contributed by atoms with Crippen molar-refractivity contribution in [2.45, 2.75) is 13.3 Å². The van der Waals surface area contributed by atoms with E-state index >= 15 is 0 Å². The first-order chi connectivity index (χ1) is 8.08. The fourth-order valence-electron chi connectivity index (χ4n) is 1.54. The second kappa shape index (κ2) is 6.91. The van der Waals surface area contributed by atoms with Gasteiger partial charge in [-0.15, -0.1) is 0 Å². The first-order valence-electron chi connectivity index (χ1n) is 5.84. The van der Waals surface area contributed by atoms with Crippen molar-refractivity contribution in [1.29, 1.82) is 0 Å². The molecule has 0 spiro atoms. The minimum absolute atomic E-state index is 0.0465. The molecule has 0 bridgehead atoms. The van der Waals surface area contributed by atoms with Gasteiger partial charge >= 0.3 is 0 Å². The van der Waals surface area contributed by atoms with Gasteiger partial charge in [-0.05, 0) is 45.3 Å². The van der Waals surface area contributed by atoms with Crippen molar-refractivity contribution in [2.24, 2.45) is 0 Å². The molecule has 94 valence electrons. The van der Waals surface area contributed by atoms with E-state index in [0.717, 1.165) is 30.9 Å². The van der Waals surface area contributed by atoms with Crippen LogP contribution in [0.5, 0.6) is 0 Å². The molecule has 0 atom stereocenters. The van der Waals surface area contributed by atoms with Gasteiger partial charge in [0.05, 0.1) is 0 Å². The second-order valence-corrected chi connectivity index (χ2v) is 4.35. The van der Waals surface area contributed by atoms with Crippen molar-refractivity contribution in [1.82, 2.24) is 4.90 Å². The van der Waals surface area contributed by atoms with E-state index in [2.05, 4.69) is 29.6 Å². The summed E-state index contributed by atoms with van der Waals surface area (Å²) in [5.74, 6) is -0.0465. The van der Waals surface area contributed by atoms with Crippen molar-refractivity contribution >= 4 is 17.3 Å². The summed E-state index contributed by atoms with van der Waals surface area (Å²) < 4.78 is 0. The summed E-state index contributed by atoms with van der Waals surface area (Å²) in [6, 6.07) is 7.75. The van der Waals surface area contributed by atoms with Crippen LogP contribution in [0.1, 0.15) is 13.3 Å². The molecule has 0 aromatic heterocycles. The van der Waals surface area contributed by atoms with Gasteiger partial charge in [0, 0.05) is 24.8 Å². The average molecular weight is 235 g/mol. The number of nitrogens with one attached hydrogen (secondary N) is 2. The molecule has 0 heterocycles. The molecule has 0 unspecified atom stereocenters. The Balaban J connectivity index is 2.40.